The topological polar surface area (TPSA) is 54.0 Å². The molecule has 8 aromatic rings. The van der Waals surface area contributed by atoms with E-state index in [2.05, 4.69) is 165 Å². The molecule has 0 fully saturated rings. The highest BCUT2D eigenvalue weighted by Gasteiger charge is 2.40. The highest BCUT2D eigenvalue weighted by molar-refractivity contribution is 6.75. The molecule has 8 aromatic carbocycles. The fraction of sp³-hybridized carbons (Fsp3) is 0.255. The highest BCUT2D eigenvalue weighted by Crippen LogP contribution is 2.44. The van der Waals surface area contributed by atoms with Gasteiger partial charge >= 0.3 is 6.16 Å². The first-order valence-electron chi connectivity index (χ1n) is 21.7. The molecule has 0 saturated carbocycles. The smallest absolute Gasteiger partial charge is 0.519 e. The van der Waals surface area contributed by atoms with Gasteiger partial charge in [-0.3, -0.25) is 0 Å². The van der Waals surface area contributed by atoms with Crippen LogP contribution in [-0.2, 0) is 12.8 Å². The maximum absolute atomic E-state index is 14.3. The summed E-state index contributed by atoms with van der Waals surface area (Å²) in [7, 11) is -4.45. The Morgan fingerprint density at radius 2 is 0.645 bits per heavy atom. The van der Waals surface area contributed by atoms with Crippen molar-refractivity contribution in [1.29, 1.82) is 0 Å². The first-order valence-corrected chi connectivity index (χ1v) is 27.5. The van der Waals surface area contributed by atoms with Gasteiger partial charge in [0.15, 0.2) is 0 Å². The van der Waals surface area contributed by atoms with Gasteiger partial charge in [-0.05, 0) is 104 Å². The van der Waals surface area contributed by atoms with Crippen molar-refractivity contribution in [1.82, 2.24) is 0 Å². The predicted molar refractivity (Wildman–Crippen MR) is 264 cm³/mol. The normalized spacial score (nSPS) is 12.5. The maximum Gasteiger partial charge on any atom is 0.519 e. The third kappa shape index (κ3) is 8.48. The summed E-state index contributed by atoms with van der Waals surface area (Å²) < 4.78 is 26.8. The van der Waals surface area contributed by atoms with Crippen LogP contribution >= 0.6 is 0 Å². The zero-order chi connectivity index (χ0) is 44.0. The molecule has 0 bridgehead atoms. The van der Waals surface area contributed by atoms with E-state index in [4.69, 9.17) is 18.3 Å². The number of carbonyl (C=O) groups excluding carboxylic acids is 1. The Bertz CT molecular complexity index is 2770. The quantitative estimate of drug-likeness (QED) is 0.0779. The minimum atomic E-state index is -2.22. The van der Waals surface area contributed by atoms with Crippen LogP contribution in [0.4, 0.5) is 4.79 Å². The molecule has 0 aliphatic rings. The van der Waals surface area contributed by atoms with Crippen LogP contribution in [0.1, 0.15) is 63.8 Å². The lowest BCUT2D eigenvalue weighted by atomic mass is 9.93. The molecule has 0 radical (unpaired) electrons. The van der Waals surface area contributed by atoms with Gasteiger partial charge in [0.25, 0.3) is 0 Å². The van der Waals surface area contributed by atoms with Crippen LogP contribution in [0, 0.1) is 0 Å². The van der Waals surface area contributed by atoms with Crippen molar-refractivity contribution in [3.8, 4) is 23.0 Å². The fourth-order valence-electron chi connectivity index (χ4n) is 7.79. The Morgan fingerprint density at radius 3 is 0.935 bits per heavy atom. The van der Waals surface area contributed by atoms with E-state index in [0.717, 1.165) is 76.8 Å². The van der Waals surface area contributed by atoms with Gasteiger partial charge in [0.2, 0.25) is 16.6 Å². The molecule has 8 rings (SSSR count). The Balaban J connectivity index is 1.20. The van der Waals surface area contributed by atoms with Gasteiger partial charge < -0.3 is 18.3 Å². The van der Waals surface area contributed by atoms with Gasteiger partial charge in [0, 0.05) is 35.1 Å². The standard InChI is InChI=1S/C55H58O5Si2/c1-54(2,3)61(7,8)59-51-33-29-39-21-13-17-25-43(39)47(51)35-45-41-23-15-11-19-37(41)27-31-49(45)57-53(56)58-50-32-28-38-20-12-16-24-42(38)46(50)36-48-44-26-18-14-22-40(44)30-34-52(48)60-62(9,10)55(4,5)6/h11-34H,35-36H2,1-10H3. The highest BCUT2D eigenvalue weighted by atomic mass is 28.4. The second-order valence-corrected chi connectivity index (χ2v) is 29.0. The SMILES string of the molecule is CC(C)(C)[Si](C)(C)Oc1ccc2ccccc2c1Cc1c(OC(=O)Oc2ccc3ccccc3c2Cc2c(O[Si](C)(C)C(C)(C)C)ccc3ccccc23)ccc2ccccc12. The molecule has 0 saturated heterocycles. The Hall–Kier alpha value is -5.90. The average Bonchev–Trinajstić information content (AvgIpc) is 3.22. The molecule has 0 aromatic heterocycles. The first kappa shape index (κ1) is 42.8. The summed E-state index contributed by atoms with van der Waals surface area (Å²) in [6.45, 7) is 22.6. The van der Waals surface area contributed by atoms with Gasteiger partial charge in [0.05, 0.1) is 0 Å². The zero-order valence-corrected chi connectivity index (χ0v) is 39.8. The lowest BCUT2D eigenvalue weighted by Gasteiger charge is -2.37. The summed E-state index contributed by atoms with van der Waals surface area (Å²) in [5.41, 5.74) is 3.90. The number of ether oxygens (including phenoxy) is 2. The minimum Gasteiger partial charge on any atom is -0.543 e. The molecule has 316 valence electrons. The molecule has 0 aliphatic carbocycles. The Labute approximate surface area is 368 Å². The van der Waals surface area contributed by atoms with E-state index in [1.165, 1.54) is 0 Å². The molecule has 7 heteroatoms. The maximum atomic E-state index is 14.3. The van der Waals surface area contributed by atoms with E-state index >= 15 is 0 Å². The van der Waals surface area contributed by atoms with Gasteiger partial charge in [-0.15, -0.1) is 0 Å². The first-order chi connectivity index (χ1) is 29.4. The zero-order valence-electron chi connectivity index (χ0n) is 37.8. The largest absolute Gasteiger partial charge is 0.543 e. The number of carbonyl (C=O) groups is 1. The van der Waals surface area contributed by atoms with Gasteiger partial charge in [-0.2, -0.15) is 0 Å². The molecule has 0 amide bonds. The summed E-state index contributed by atoms with van der Waals surface area (Å²) >= 11 is 0. The van der Waals surface area contributed by atoms with E-state index in [-0.39, 0.29) is 10.1 Å². The molecule has 0 N–H and O–H groups in total. The van der Waals surface area contributed by atoms with E-state index < -0.39 is 22.8 Å². The summed E-state index contributed by atoms with van der Waals surface area (Å²) in [5, 5.41) is 8.58. The van der Waals surface area contributed by atoms with Crippen LogP contribution in [-0.4, -0.2) is 22.8 Å². The molecule has 62 heavy (non-hydrogen) atoms. The van der Waals surface area contributed by atoms with Crippen LogP contribution < -0.4 is 18.3 Å². The van der Waals surface area contributed by atoms with E-state index in [1.807, 2.05) is 48.5 Å². The van der Waals surface area contributed by atoms with Crippen molar-refractivity contribution >= 4 is 65.9 Å². The van der Waals surface area contributed by atoms with Gasteiger partial charge in [-0.25, -0.2) is 4.79 Å². The van der Waals surface area contributed by atoms with Crippen molar-refractivity contribution in [3.63, 3.8) is 0 Å². The predicted octanol–water partition coefficient (Wildman–Crippen LogP) is 15.8. The lowest BCUT2D eigenvalue weighted by Crippen LogP contribution is -2.44. The summed E-state index contributed by atoms with van der Waals surface area (Å²) in [6, 6.07) is 49.6. The Morgan fingerprint density at radius 1 is 0.387 bits per heavy atom. The van der Waals surface area contributed by atoms with Crippen LogP contribution in [0.25, 0.3) is 43.1 Å². The van der Waals surface area contributed by atoms with Crippen molar-refractivity contribution in [3.05, 3.63) is 168 Å². The number of hydrogen-bond donors (Lipinski definition) is 0. The minimum absolute atomic E-state index is 0.00193. The average molecular weight is 855 g/mol. The summed E-state index contributed by atoms with van der Waals surface area (Å²) in [5.74, 6) is 2.62. The molecular formula is C55H58O5Si2. The number of hydrogen-bond acceptors (Lipinski definition) is 5. The van der Waals surface area contributed by atoms with Crippen LogP contribution in [0.2, 0.25) is 36.3 Å². The van der Waals surface area contributed by atoms with Gasteiger partial charge in [-0.1, -0.05) is 163 Å². The van der Waals surface area contributed by atoms with Crippen LogP contribution in [0.5, 0.6) is 23.0 Å². The molecule has 0 atom stereocenters. The van der Waals surface area contributed by atoms with E-state index in [0.29, 0.717) is 24.3 Å². The van der Waals surface area contributed by atoms with E-state index in [9.17, 15) is 4.79 Å². The van der Waals surface area contributed by atoms with Crippen LogP contribution in [0.3, 0.4) is 0 Å². The molecule has 0 heterocycles. The van der Waals surface area contributed by atoms with Crippen molar-refractivity contribution in [2.45, 2.75) is 90.6 Å². The van der Waals surface area contributed by atoms with Crippen LogP contribution in [0.15, 0.2) is 146 Å². The number of rotatable bonds is 10. The molecule has 0 aliphatic heterocycles. The molecule has 0 spiro atoms. The molecule has 5 nitrogen and oxygen atoms in total. The lowest BCUT2D eigenvalue weighted by molar-refractivity contribution is 0.151. The third-order valence-corrected chi connectivity index (χ3v) is 22.1. The second kappa shape index (κ2) is 16.4. The molecule has 0 unspecified atom stereocenters. The summed E-state index contributed by atoms with van der Waals surface area (Å²) in [6.07, 6.45) is 0.160. The number of benzene rings is 8. The van der Waals surface area contributed by atoms with Crippen molar-refractivity contribution in [2.24, 2.45) is 0 Å². The fourth-order valence-corrected chi connectivity index (χ4v) is 9.88. The summed E-state index contributed by atoms with van der Waals surface area (Å²) in [4.78, 5) is 14.3. The second-order valence-electron chi connectivity index (χ2n) is 19.6. The Kier molecular flexibility index (Phi) is 11.3. The van der Waals surface area contributed by atoms with Gasteiger partial charge in [0.1, 0.15) is 23.0 Å². The number of fused-ring (bicyclic) bond motifs is 4. The van der Waals surface area contributed by atoms with Crippen molar-refractivity contribution < 1.29 is 23.1 Å². The van der Waals surface area contributed by atoms with E-state index in [1.54, 1.807) is 0 Å². The monoisotopic (exact) mass is 854 g/mol. The van der Waals surface area contributed by atoms with Crippen molar-refractivity contribution in [2.75, 3.05) is 0 Å². The third-order valence-electron chi connectivity index (χ3n) is 13.4. The molecular weight excluding hydrogens is 797 g/mol.